The fraction of sp³-hybridized carbons (Fsp3) is 0. The summed E-state index contributed by atoms with van der Waals surface area (Å²) in [6.45, 7) is 0. The number of benzene rings is 2. The number of halogens is 2. The summed E-state index contributed by atoms with van der Waals surface area (Å²) in [5.41, 5.74) is -0.00696. The molecule has 10 heteroatoms. The third-order valence-electron chi connectivity index (χ3n) is 2.76. The Morgan fingerprint density at radius 2 is 1.36 bits per heavy atom. The van der Waals surface area contributed by atoms with Crippen LogP contribution in [0.1, 0.15) is 0 Å². The van der Waals surface area contributed by atoms with Gasteiger partial charge in [0.1, 0.15) is 9.79 Å². The van der Waals surface area contributed by atoms with E-state index in [2.05, 4.69) is 0 Å². The molecule has 2 aromatic carbocycles. The Morgan fingerprint density at radius 3 is 1.91 bits per heavy atom. The first-order valence-electron chi connectivity index (χ1n) is 5.56. The van der Waals surface area contributed by atoms with Gasteiger partial charge in [0.2, 0.25) is 0 Å². The third kappa shape index (κ3) is 3.62. The van der Waals surface area contributed by atoms with Crippen molar-refractivity contribution in [2.75, 3.05) is 0 Å². The van der Waals surface area contributed by atoms with Gasteiger partial charge in [0.05, 0.1) is 0 Å². The zero-order chi connectivity index (χ0) is 16.7. The molecule has 0 aliphatic rings. The van der Waals surface area contributed by atoms with Gasteiger partial charge in [-0.15, -0.1) is 0 Å². The average molecular weight is 566 g/mol. The van der Waals surface area contributed by atoms with Gasteiger partial charge in [0, 0.05) is 18.3 Å². The van der Waals surface area contributed by atoms with Crippen molar-refractivity contribution in [2.24, 2.45) is 0 Å². The fourth-order valence-electron chi connectivity index (χ4n) is 1.91. The van der Waals surface area contributed by atoms with E-state index in [1.165, 1.54) is 24.3 Å². The molecule has 6 nitrogen and oxygen atoms in total. The molecule has 2 aromatic rings. The molecule has 0 spiro atoms. The topological polar surface area (TPSA) is 109 Å². The van der Waals surface area contributed by atoms with Crippen molar-refractivity contribution in [1.82, 2.24) is 0 Å². The average Bonchev–Trinajstić information content (AvgIpc) is 2.39. The zero-order valence-electron chi connectivity index (χ0n) is 10.6. The molecule has 2 rings (SSSR count). The fourth-order valence-corrected chi connectivity index (χ4v) is 5.35. The summed E-state index contributed by atoms with van der Waals surface area (Å²) in [5.74, 6) is 0. The SMILES string of the molecule is O=S(=O)(O)c1ccccc1-c1ccc(I)c(I)c1S(=O)(=O)O. The highest BCUT2D eigenvalue weighted by molar-refractivity contribution is 14.1. The molecule has 0 amide bonds. The molecule has 0 heterocycles. The van der Waals surface area contributed by atoms with Gasteiger partial charge < -0.3 is 0 Å². The van der Waals surface area contributed by atoms with Crippen LogP contribution in [0, 0.1) is 7.14 Å². The summed E-state index contributed by atoms with van der Waals surface area (Å²) in [4.78, 5) is -0.826. The molecule has 0 aliphatic heterocycles. The van der Waals surface area contributed by atoms with E-state index in [1.807, 2.05) is 22.6 Å². The van der Waals surface area contributed by atoms with Crippen LogP contribution in [0.25, 0.3) is 11.1 Å². The minimum Gasteiger partial charge on any atom is -0.282 e. The maximum Gasteiger partial charge on any atom is 0.296 e. The lowest BCUT2D eigenvalue weighted by Gasteiger charge is -2.13. The monoisotopic (exact) mass is 566 g/mol. The highest BCUT2D eigenvalue weighted by Gasteiger charge is 2.25. The van der Waals surface area contributed by atoms with E-state index >= 15 is 0 Å². The van der Waals surface area contributed by atoms with Crippen molar-refractivity contribution in [2.45, 2.75) is 9.79 Å². The van der Waals surface area contributed by atoms with Gasteiger partial charge in [0.15, 0.2) is 0 Å². The predicted octanol–water partition coefficient (Wildman–Crippen LogP) is 3.06. The second kappa shape index (κ2) is 6.32. The van der Waals surface area contributed by atoms with Crippen LogP contribution in [0.3, 0.4) is 0 Å². The summed E-state index contributed by atoms with van der Waals surface area (Å²) in [5, 5.41) is 0. The summed E-state index contributed by atoms with van der Waals surface area (Å²) < 4.78 is 66.0. The smallest absolute Gasteiger partial charge is 0.282 e. The lowest BCUT2D eigenvalue weighted by atomic mass is 10.1. The lowest BCUT2D eigenvalue weighted by molar-refractivity contribution is 0.479. The Bertz CT molecular complexity index is 952. The summed E-state index contributed by atoms with van der Waals surface area (Å²) in [6, 6.07) is 8.39. The van der Waals surface area contributed by atoms with Gasteiger partial charge >= 0.3 is 0 Å². The molecule has 0 fully saturated rings. The molecule has 0 bridgehead atoms. The first kappa shape index (κ1) is 18.1. The lowest BCUT2D eigenvalue weighted by Crippen LogP contribution is -2.07. The Balaban J connectivity index is 2.96. The van der Waals surface area contributed by atoms with Gasteiger partial charge in [-0.1, -0.05) is 24.3 Å². The van der Waals surface area contributed by atoms with Crippen molar-refractivity contribution in [3.63, 3.8) is 0 Å². The van der Waals surface area contributed by atoms with Gasteiger partial charge in [-0.2, -0.15) is 16.8 Å². The van der Waals surface area contributed by atoms with Crippen LogP contribution in [0.5, 0.6) is 0 Å². The second-order valence-electron chi connectivity index (χ2n) is 4.18. The maximum absolute atomic E-state index is 11.7. The molecular formula is C12H8I2O6S2. The molecule has 0 saturated carbocycles. The van der Waals surface area contributed by atoms with E-state index in [9.17, 15) is 25.9 Å². The van der Waals surface area contributed by atoms with Gasteiger partial charge in [0.25, 0.3) is 20.2 Å². The summed E-state index contributed by atoms with van der Waals surface area (Å²) in [7, 11) is -9.13. The molecule has 118 valence electrons. The first-order chi connectivity index (χ1) is 10.0. The molecule has 0 aliphatic carbocycles. The van der Waals surface area contributed by atoms with Crippen LogP contribution in [0.2, 0.25) is 0 Å². The van der Waals surface area contributed by atoms with Crippen molar-refractivity contribution < 1.29 is 25.9 Å². The highest BCUT2D eigenvalue weighted by Crippen LogP contribution is 2.36. The van der Waals surface area contributed by atoms with Gasteiger partial charge in [-0.05, 0) is 57.3 Å². The van der Waals surface area contributed by atoms with Crippen LogP contribution < -0.4 is 0 Å². The number of hydrogen-bond acceptors (Lipinski definition) is 4. The molecule has 2 N–H and O–H groups in total. The van der Waals surface area contributed by atoms with E-state index in [4.69, 9.17) is 0 Å². The van der Waals surface area contributed by atoms with Crippen LogP contribution in [0.15, 0.2) is 46.2 Å². The zero-order valence-corrected chi connectivity index (χ0v) is 16.5. The highest BCUT2D eigenvalue weighted by atomic mass is 127. The molecule has 0 saturated heterocycles. The maximum atomic E-state index is 11.7. The minimum atomic E-state index is -4.59. The summed E-state index contributed by atoms with van der Waals surface area (Å²) >= 11 is 3.66. The van der Waals surface area contributed by atoms with Gasteiger partial charge in [-0.3, -0.25) is 9.11 Å². The van der Waals surface area contributed by atoms with Crippen LogP contribution in [0.4, 0.5) is 0 Å². The summed E-state index contributed by atoms with van der Waals surface area (Å²) in [6.07, 6.45) is 0. The Morgan fingerprint density at radius 1 is 0.773 bits per heavy atom. The molecule has 0 unspecified atom stereocenters. The first-order valence-corrected chi connectivity index (χ1v) is 10.6. The minimum absolute atomic E-state index is 0.000501. The predicted molar refractivity (Wildman–Crippen MR) is 96.9 cm³/mol. The number of hydrogen-bond donors (Lipinski definition) is 2. The van der Waals surface area contributed by atoms with Crippen LogP contribution in [-0.2, 0) is 20.2 Å². The van der Waals surface area contributed by atoms with Crippen LogP contribution in [-0.4, -0.2) is 25.9 Å². The molecule has 0 atom stereocenters. The Labute approximate surface area is 154 Å². The van der Waals surface area contributed by atoms with Crippen molar-refractivity contribution in [3.8, 4) is 11.1 Å². The number of rotatable bonds is 3. The largest absolute Gasteiger partial charge is 0.296 e. The molecule has 0 radical (unpaired) electrons. The van der Waals surface area contributed by atoms with E-state index in [-0.39, 0.29) is 14.7 Å². The van der Waals surface area contributed by atoms with E-state index < -0.39 is 30.0 Å². The Kier molecular flexibility index (Phi) is 5.19. The van der Waals surface area contributed by atoms with Crippen LogP contribution >= 0.6 is 45.2 Å². The van der Waals surface area contributed by atoms with E-state index in [0.717, 1.165) is 6.07 Å². The molecular weight excluding hydrogens is 558 g/mol. The molecule has 22 heavy (non-hydrogen) atoms. The normalized spacial score (nSPS) is 12.4. The molecule has 0 aromatic heterocycles. The van der Waals surface area contributed by atoms with E-state index in [0.29, 0.717) is 3.57 Å². The standard InChI is InChI=1S/C12H8I2O6S2/c13-9-6-5-8(12(11(9)14)22(18,19)20)7-3-1-2-4-10(7)21(15,16)17/h1-6H,(H,15,16,17)(H,18,19,20). The quantitative estimate of drug-likeness (QED) is 0.437. The van der Waals surface area contributed by atoms with E-state index in [1.54, 1.807) is 28.7 Å². The van der Waals surface area contributed by atoms with Gasteiger partial charge in [-0.25, -0.2) is 0 Å². The van der Waals surface area contributed by atoms with Crippen molar-refractivity contribution in [3.05, 3.63) is 43.5 Å². The third-order valence-corrected chi connectivity index (χ3v) is 8.03. The Hall–Kier alpha value is -0.280. The van der Waals surface area contributed by atoms with Crippen molar-refractivity contribution >= 4 is 65.4 Å². The second-order valence-corrected chi connectivity index (χ2v) is 9.17. The van der Waals surface area contributed by atoms with Crippen molar-refractivity contribution in [1.29, 1.82) is 0 Å².